The zero-order valence-electron chi connectivity index (χ0n) is 21.5. The molecule has 12 heteroatoms. The maximum absolute atomic E-state index is 12.9. The number of esters is 1. The molecule has 4 N–H and O–H groups in total. The fourth-order valence-corrected chi connectivity index (χ4v) is 3.08. The second-order valence-electron chi connectivity index (χ2n) is 8.62. The third-order valence-electron chi connectivity index (χ3n) is 5.02. The first kappa shape index (κ1) is 31.1. The van der Waals surface area contributed by atoms with Gasteiger partial charge in [-0.15, -0.1) is 0 Å². The number of nitrogens with zero attached hydrogens (tertiary/aromatic N) is 1. The number of carbonyl (C=O) groups excluding carboxylic acids is 4. The molecule has 1 rings (SSSR count). The molecule has 0 radical (unpaired) electrons. The molecule has 0 fully saturated rings. The van der Waals surface area contributed by atoms with Crippen LogP contribution in [0.5, 0.6) is 0 Å². The molecule has 0 aliphatic heterocycles. The summed E-state index contributed by atoms with van der Waals surface area (Å²) in [6, 6.07) is 1.76. The van der Waals surface area contributed by atoms with E-state index in [4.69, 9.17) is 9.84 Å². The first-order chi connectivity index (χ1) is 17.5. The van der Waals surface area contributed by atoms with Crippen LogP contribution in [0, 0.1) is 5.92 Å². The zero-order chi connectivity index (χ0) is 27.8. The number of nitrogens with one attached hydrogen (secondary N) is 3. The molecule has 12 nitrogen and oxygen atoms in total. The summed E-state index contributed by atoms with van der Waals surface area (Å²) in [7, 11) is 0. The van der Waals surface area contributed by atoms with E-state index in [1.807, 2.05) is 13.8 Å². The summed E-state index contributed by atoms with van der Waals surface area (Å²) >= 11 is 0. The molecule has 1 unspecified atom stereocenters. The number of allylic oxidation sites excluding steroid dienone is 1. The Balaban J connectivity index is 2.90. The fraction of sp³-hybridized carbons (Fsp3) is 0.520. The van der Waals surface area contributed by atoms with Crippen LogP contribution in [0.15, 0.2) is 35.3 Å². The minimum Gasteiger partial charge on any atom is -0.481 e. The number of carboxylic acid groups (broad SMARTS) is 1. The van der Waals surface area contributed by atoms with Crippen LogP contribution in [-0.4, -0.2) is 58.5 Å². The van der Waals surface area contributed by atoms with Crippen molar-refractivity contribution < 1.29 is 33.8 Å². The number of rotatable bonds is 16. The van der Waals surface area contributed by atoms with Crippen molar-refractivity contribution in [2.45, 2.75) is 65.5 Å². The Morgan fingerprint density at radius 3 is 2.49 bits per heavy atom. The van der Waals surface area contributed by atoms with Crippen molar-refractivity contribution in [2.75, 3.05) is 18.5 Å². The molecule has 0 saturated carbocycles. The molecule has 0 bridgehead atoms. The van der Waals surface area contributed by atoms with Crippen LogP contribution < -0.4 is 21.5 Å². The largest absolute Gasteiger partial charge is 0.481 e. The van der Waals surface area contributed by atoms with E-state index in [1.165, 1.54) is 30.5 Å². The highest BCUT2D eigenvalue weighted by Gasteiger charge is 2.22. The number of amides is 3. The van der Waals surface area contributed by atoms with E-state index in [9.17, 15) is 28.8 Å². The summed E-state index contributed by atoms with van der Waals surface area (Å²) < 4.78 is 5.94. The molecule has 0 spiro atoms. The molecular weight excluding hydrogens is 484 g/mol. The summed E-state index contributed by atoms with van der Waals surface area (Å²) in [5.41, 5.74) is -0.692. The molecule has 3 amide bonds. The van der Waals surface area contributed by atoms with Crippen LogP contribution in [0.4, 0.5) is 5.69 Å². The number of pyridine rings is 1. The summed E-state index contributed by atoms with van der Waals surface area (Å²) in [6.45, 7) is 6.19. The molecule has 0 saturated heterocycles. The third-order valence-corrected chi connectivity index (χ3v) is 5.02. The average molecular weight is 521 g/mol. The number of ether oxygens (including phenoxy) is 1. The predicted octanol–water partition coefficient (Wildman–Crippen LogP) is 1.20. The van der Waals surface area contributed by atoms with Gasteiger partial charge in [-0.3, -0.25) is 24.0 Å². The molecule has 1 aromatic heterocycles. The van der Waals surface area contributed by atoms with Crippen LogP contribution >= 0.6 is 0 Å². The second kappa shape index (κ2) is 16.7. The van der Waals surface area contributed by atoms with Crippen LogP contribution in [0.25, 0.3) is 0 Å². The van der Waals surface area contributed by atoms with Gasteiger partial charge in [0.1, 0.15) is 18.3 Å². The Labute approximate surface area is 215 Å². The van der Waals surface area contributed by atoms with Crippen LogP contribution in [0.2, 0.25) is 0 Å². The van der Waals surface area contributed by atoms with E-state index in [2.05, 4.69) is 16.0 Å². The number of hydrogen-bond acceptors (Lipinski definition) is 7. The Hall–Kier alpha value is -3.96. The van der Waals surface area contributed by atoms with Gasteiger partial charge >= 0.3 is 11.9 Å². The number of aromatic nitrogens is 1. The highest BCUT2D eigenvalue weighted by atomic mass is 16.5. The van der Waals surface area contributed by atoms with Crippen LogP contribution in [0.3, 0.4) is 0 Å². The first-order valence-corrected chi connectivity index (χ1v) is 12.1. The van der Waals surface area contributed by atoms with Gasteiger partial charge in [-0.25, -0.2) is 4.79 Å². The van der Waals surface area contributed by atoms with E-state index in [0.717, 1.165) is 11.0 Å². The van der Waals surface area contributed by atoms with Gasteiger partial charge in [0.15, 0.2) is 0 Å². The molecule has 0 aliphatic carbocycles. The summed E-state index contributed by atoms with van der Waals surface area (Å²) in [6.07, 6.45) is 4.44. The van der Waals surface area contributed by atoms with Gasteiger partial charge in [0.2, 0.25) is 17.7 Å². The Bertz CT molecular complexity index is 1030. The lowest BCUT2D eigenvalue weighted by molar-refractivity contribution is -0.139. The zero-order valence-corrected chi connectivity index (χ0v) is 21.5. The quantitative estimate of drug-likeness (QED) is 0.186. The fourth-order valence-electron chi connectivity index (χ4n) is 3.08. The number of carboxylic acids is 1. The SMILES string of the molecule is CCOC(=O)/C=C/CCC(NC(=O)CCC(=O)O)C(=O)Nc1cccn(CC(=O)NCCC(C)C)c1=O. The average Bonchev–Trinajstić information content (AvgIpc) is 2.82. The van der Waals surface area contributed by atoms with Crippen molar-refractivity contribution in [2.24, 2.45) is 5.92 Å². The van der Waals surface area contributed by atoms with Crippen molar-refractivity contribution in [1.82, 2.24) is 15.2 Å². The van der Waals surface area contributed by atoms with Crippen molar-refractivity contribution in [1.29, 1.82) is 0 Å². The lowest BCUT2D eigenvalue weighted by Crippen LogP contribution is -2.44. The van der Waals surface area contributed by atoms with Crippen LogP contribution in [-0.2, 0) is 35.3 Å². The summed E-state index contributed by atoms with van der Waals surface area (Å²) in [5, 5.41) is 16.5. The smallest absolute Gasteiger partial charge is 0.330 e. The Morgan fingerprint density at radius 1 is 1.11 bits per heavy atom. The molecule has 0 aromatic carbocycles. The maximum Gasteiger partial charge on any atom is 0.330 e. The van der Waals surface area contributed by atoms with Gasteiger partial charge in [-0.05, 0) is 44.2 Å². The van der Waals surface area contributed by atoms with Gasteiger partial charge in [0, 0.05) is 25.2 Å². The third kappa shape index (κ3) is 13.1. The van der Waals surface area contributed by atoms with Gasteiger partial charge in [0.05, 0.1) is 13.0 Å². The second-order valence-corrected chi connectivity index (χ2v) is 8.62. The number of aliphatic carboxylic acids is 1. The van der Waals surface area contributed by atoms with Gasteiger partial charge in [-0.1, -0.05) is 19.9 Å². The molecular formula is C25H36N4O8. The topological polar surface area (TPSA) is 173 Å². The van der Waals surface area contributed by atoms with E-state index < -0.39 is 41.8 Å². The normalized spacial score (nSPS) is 11.7. The van der Waals surface area contributed by atoms with Gasteiger partial charge in [-0.2, -0.15) is 0 Å². The lowest BCUT2D eigenvalue weighted by atomic mass is 10.1. The van der Waals surface area contributed by atoms with E-state index in [1.54, 1.807) is 6.92 Å². The molecule has 1 aromatic rings. The minimum atomic E-state index is -1.16. The molecule has 1 atom stereocenters. The first-order valence-electron chi connectivity index (χ1n) is 12.1. The van der Waals surface area contributed by atoms with Gasteiger partial charge in [0.25, 0.3) is 5.56 Å². The van der Waals surface area contributed by atoms with Crippen molar-refractivity contribution in [3.63, 3.8) is 0 Å². The molecule has 204 valence electrons. The monoisotopic (exact) mass is 520 g/mol. The molecule has 37 heavy (non-hydrogen) atoms. The summed E-state index contributed by atoms with van der Waals surface area (Å²) in [5.74, 6) is -2.99. The lowest BCUT2D eigenvalue weighted by Gasteiger charge is -2.18. The predicted molar refractivity (Wildman–Crippen MR) is 136 cm³/mol. The van der Waals surface area contributed by atoms with Crippen molar-refractivity contribution in [3.05, 3.63) is 40.8 Å². The molecule has 1 heterocycles. The number of hydrogen-bond donors (Lipinski definition) is 4. The van der Waals surface area contributed by atoms with Crippen molar-refractivity contribution in [3.8, 4) is 0 Å². The number of anilines is 1. The summed E-state index contributed by atoms with van der Waals surface area (Å²) in [4.78, 5) is 72.2. The van der Waals surface area contributed by atoms with Gasteiger partial charge < -0.3 is 30.4 Å². The maximum atomic E-state index is 12.9. The minimum absolute atomic E-state index is 0.0693. The van der Waals surface area contributed by atoms with E-state index >= 15 is 0 Å². The Kier molecular flexibility index (Phi) is 14.0. The van der Waals surface area contributed by atoms with Crippen LogP contribution in [0.1, 0.15) is 52.9 Å². The standard InChI is InChI=1S/C25H36N4O8/c1-4-37-23(34)10-6-5-8-18(27-20(30)11-12-22(32)33)24(35)28-19-9-7-15-29(25(19)36)16-21(31)26-14-13-17(2)3/h6-7,9-10,15,17-18H,4-5,8,11-14,16H2,1-3H3,(H,26,31)(H,27,30)(H,28,35)(H,32,33)/b10-6+. The van der Waals surface area contributed by atoms with E-state index in [-0.39, 0.29) is 44.0 Å². The Morgan fingerprint density at radius 2 is 1.84 bits per heavy atom. The van der Waals surface area contributed by atoms with Crippen molar-refractivity contribution >= 4 is 35.3 Å². The number of carbonyl (C=O) groups is 5. The molecule has 0 aliphatic rings. The van der Waals surface area contributed by atoms with E-state index in [0.29, 0.717) is 12.5 Å². The highest BCUT2D eigenvalue weighted by Crippen LogP contribution is 2.06. The highest BCUT2D eigenvalue weighted by molar-refractivity contribution is 5.97.